The first-order valence-corrected chi connectivity index (χ1v) is 13.0. The van der Waals surface area contributed by atoms with Crippen molar-refractivity contribution in [2.24, 2.45) is 0 Å². The molecule has 2 atom stereocenters. The maximum atomic E-state index is 13.3. The standard InChI is InChI=1S/C27H24N4O3S/c1-16-5-3-6-17(2)26(16)23-14-25-30-27(29-23)31-35(32,33)21-8-4-7-18(12-21)19-11-20-15-28-10-9-22(20)24(13-19)34-25/h3-10,12,14-15,19,24H,11,13H2,1-2H3,(H,29,30,31). The minimum Gasteiger partial charge on any atom is -0.469 e. The number of fused-ring (bicyclic) bond motifs is 9. The van der Waals surface area contributed by atoms with Crippen molar-refractivity contribution in [1.82, 2.24) is 15.0 Å². The van der Waals surface area contributed by atoms with Gasteiger partial charge in [-0.2, -0.15) is 4.98 Å². The topological polar surface area (TPSA) is 94.1 Å². The Morgan fingerprint density at radius 1 is 1.00 bits per heavy atom. The number of hydrogen-bond donors (Lipinski definition) is 1. The maximum Gasteiger partial charge on any atom is 0.264 e. The molecular formula is C27H24N4O3S. The number of pyridine rings is 1. The van der Waals surface area contributed by atoms with Gasteiger partial charge in [0.05, 0.1) is 10.6 Å². The molecule has 0 fully saturated rings. The number of rotatable bonds is 1. The van der Waals surface area contributed by atoms with Crippen LogP contribution in [0.3, 0.4) is 0 Å². The average molecular weight is 485 g/mol. The first kappa shape index (κ1) is 21.7. The summed E-state index contributed by atoms with van der Waals surface area (Å²) >= 11 is 0. The normalized spacial score (nSPS) is 19.8. The molecule has 1 N–H and O–H groups in total. The SMILES string of the molecule is Cc1cccc(C)c1-c1cc2nc(n1)NS(=O)(=O)c1cccc(c1)C1Cc3cnccc3C(C1)O2. The summed E-state index contributed by atoms with van der Waals surface area (Å²) in [7, 11) is -3.90. The molecule has 4 aromatic rings. The summed E-state index contributed by atoms with van der Waals surface area (Å²) in [5.41, 5.74) is 6.74. The third kappa shape index (κ3) is 3.93. The number of benzene rings is 2. The Morgan fingerprint density at radius 3 is 2.63 bits per heavy atom. The van der Waals surface area contributed by atoms with E-state index in [0.29, 0.717) is 18.0 Å². The van der Waals surface area contributed by atoms with Gasteiger partial charge in [0.25, 0.3) is 10.0 Å². The Labute approximate surface area is 204 Å². The highest BCUT2D eigenvalue weighted by atomic mass is 32.2. The van der Waals surface area contributed by atoms with Gasteiger partial charge in [-0.05, 0) is 78.6 Å². The van der Waals surface area contributed by atoms with Crippen molar-refractivity contribution < 1.29 is 13.2 Å². The Hall–Kier alpha value is -3.78. The molecule has 6 bridgehead atoms. The zero-order valence-corrected chi connectivity index (χ0v) is 20.2. The summed E-state index contributed by atoms with van der Waals surface area (Å²) in [6.07, 6.45) is 4.87. The smallest absolute Gasteiger partial charge is 0.264 e. The van der Waals surface area contributed by atoms with Crippen molar-refractivity contribution in [3.05, 3.63) is 94.8 Å². The Balaban J connectivity index is 1.57. The summed E-state index contributed by atoms with van der Waals surface area (Å²) < 4.78 is 35.7. The number of nitrogens with zero attached hydrogens (tertiary/aromatic N) is 3. The van der Waals surface area contributed by atoms with E-state index in [1.54, 1.807) is 30.5 Å². The van der Waals surface area contributed by atoms with E-state index < -0.39 is 10.0 Å². The minimum absolute atomic E-state index is 0.0200. The van der Waals surface area contributed by atoms with Gasteiger partial charge in [-0.15, -0.1) is 0 Å². The van der Waals surface area contributed by atoms with Gasteiger partial charge >= 0.3 is 0 Å². The molecule has 2 aromatic heterocycles. The van der Waals surface area contributed by atoms with Gasteiger partial charge < -0.3 is 4.74 Å². The molecule has 0 spiro atoms. The summed E-state index contributed by atoms with van der Waals surface area (Å²) in [4.78, 5) is 13.6. The Bertz CT molecular complexity index is 1550. The highest BCUT2D eigenvalue weighted by Crippen LogP contribution is 2.42. The van der Waals surface area contributed by atoms with E-state index >= 15 is 0 Å². The molecule has 2 unspecified atom stereocenters. The lowest BCUT2D eigenvalue weighted by Crippen LogP contribution is -2.23. The van der Waals surface area contributed by atoms with Crippen molar-refractivity contribution >= 4 is 16.0 Å². The zero-order valence-electron chi connectivity index (χ0n) is 19.4. The molecule has 0 radical (unpaired) electrons. The van der Waals surface area contributed by atoms with E-state index in [-0.39, 0.29) is 22.9 Å². The van der Waals surface area contributed by atoms with Crippen LogP contribution in [0.5, 0.6) is 5.88 Å². The lowest BCUT2D eigenvalue weighted by molar-refractivity contribution is 0.166. The van der Waals surface area contributed by atoms with Crippen molar-refractivity contribution in [2.45, 2.75) is 43.6 Å². The van der Waals surface area contributed by atoms with Crippen LogP contribution >= 0.6 is 0 Å². The minimum atomic E-state index is -3.90. The third-order valence-corrected chi connectivity index (χ3v) is 8.15. The van der Waals surface area contributed by atoms with E-state index in [1.165, 1.54) is 0 Å². The molecule has 7 nitrogen and oxygen atoms in total. The van der Waals surface area contributed by atoms with Crippen LogP contribution in [0.1, 0.15) is 46.3 Å². The van der Waals surface area contributed by atoms with Crippen molar-refractivity contribution in [2.75, 3.05) is 4.72 Å². The highest BCUT2D eigenvalue weighted by Gasteiger charge is 2.31. The number of aryl methyl sites for hydroxylation is 2. The first-order chi connectivity index (χ1) is 16.9. The molecule has 176 valence electrons. The largest absolute Gasteiger partial charge is 0.469 e. The van der Waals surface area contributed by atoms with E-state index in [2.05, 4.69) is 19.7 Å². The monoisotopic (exact) mass is 484 g/mol. The number of anilines is 1. The molecule has 8 heteroatoms. The van der Waals surface area contributed by atoms with E-state index in [1.807, 2.05) is 50.4 Å². The molecule has 1 aliphatic carbocycles. The third-order valence-electron chi connectivity index (χ3n) is 6.82. The van der Waals surface area contributed by atoms with E-state index in [9.17, 15) is 8.42 Å². The van der Waals surface area contributed by atoms with Gasteiger partial charge in [0, 0.05) is 24.0 Å². The summed E-state index contributed by atoms with van der Waals surface area (Å²) in [5.74, 6) is 0.395. The lowest BCUT2D eigenvalue weighted by Gasteiger charge is -2.32. The number of sulfonamides is 1. The average Bonchev–Trinajstić information content (AvgIpc) is 2.83. The fourth-order valence-electron chi connectivity index (χ4n) is 5.16. The second-order valence-corrected chi connectivity index (χ2v) is 10.9. The number of ether oxygens (including phenoxy) is 1. The van der Waals surface area contributed by atoms with Crippen molar-refractivity contribution in [3.63, 3.8) is 0 Å². The molecule has 2 aromatic carbocycles. The highest BCUT2D eigenvalue weighted by molar-refractivity contribution is 7.92. The second kappa shape index (κ2) is 8.16. The van der Waals surface area contributed by atoms with Gasteiger partial charge in [-0.1, -0.05) is 30.3 Å². The van der Waals surface area contributed by atoms with E-state index in [4.69, 9.17) is 4.74 Å². The van der Waals surface area contributed by atoms with Crippen molar-refractivity contribution in [1.29, 1.82) is 0 Å². The van der Waals surface area contributed by atoms with Gasteiger partial charge in [-0.25, -0.2) is 18.1 Å². The number of hydrogen-bond acceptors (Lipinski definition) is 6. The van der Waals surface area contributed by atoms with Crippen molar-refractivity contribution in [3.8, 4) is 17.1 Å². The fourth-order valence-corrected chi connectivity index (χ4v) is 6.16. The summed E-state index contributed by atoms with van der Waals surface area (Å²) in [5, 5.41) is 0. The van der Waals surface area contributed by atoms with Crippen LogP contribution in [0.2, 0.25) is 0 Å². The number of aromatic nitrogens is 3. The van der Waals surface area contributed by atoms with Crippen LogP contribution in [0, 0.1) is 13.8 Å². The molecule has 3 heterocycles. The molecule has 0 saturated heterocycles. The Kier molecular flexibility index (Phi) is 5.07. The van der Waals surface area contributed by atoms with Crippen LogP contribution in [0.15, 0.2) is 71.9 Å². The van der Waals surface area contributed by atoms with Gasteiger partial charge in [0.1, 0.15) is 6.10 Å². The van der Waals surface area contributed by atoms with Crippen LogP contribution in [0.4, 0.5) is 5.95 Å². The predicted molar refractivity (Wildman–Crippen MR) is 133 cm³/mol. The van der Waals surface area contributed by atoms with Crippen LogP contribution in [0.25, 0.3) is 11.3 Å². The summed E-state index contributed by atoms with van der Waals surface area (Å²) in [6.45, 7) is 4.02. The predicted octanol–water partition coefficient (Wildman–Crippen LogP) is 5.12. The molecule has 2 aliphatic rings. The fraction of sp³-hybridized carbons (Fsp3) is 0.222. The summed E-state index contributed by atoms with van der Waals surface area (Å²) in [6, 6.07) is 16.9. The van der Waals surface area contributed by atoms with Crippen LogP contribution in [-0.2, 0) is 16.4 Å². The zero-order chi connectivity index (χ0) is 24.2. The van der Waals surface area contributed by atoms with Gasteiger partial charge in [0.15, 0.2) is 0 Å². The molecule has 0 saturated carbocycles. The Morgan fingerprint density at radius 2 is 1.80 bits per heavy atom. The molecular weight excluding hydrogens is 460 g/mol. The molecule has 35 heavy (non-hydrogen) atoms. The molecule has 0 amide bonds. The molecule has 1 aliphatic heterocycles. The van der Waals surface area contributed by atoms with Crippen LogP contribution < -0.4 is 9.46 Å². The van der Waals surface area contributed by atoms with E-state index in [0.717, 1.165) is 39.8 Å². The lowest BCUT2D eigenvalue weighted by atomic mass is 9.79. The number of nitrogens with one attached hydrogen (secondary N) is 1. The second-order valence-electron chi connectivity index (χ2n) is 9.18. The maximum absolute atomic E-state index is 13.3. The first-order valence-electron chi connectivity index (χ1n) is 11.6. The van der Waals surface area contributed by atoms with Crippen LogP contribution in [-0.4, -0.2) is 23.4 Å². The quantitative estimate of drug-likeness (QED) is 0.403. The van der Waals surface area contributed by atoms with Gasteiger partial charge in [0.2, 0.25) is 11.8 Å². The van der Waals surface area contributed by atoms with Gasteiger partial charge in [-0.3, -0.25) is 4.98 Å². The molecule has 6 rings (SSSR count).